The van der Waals surface area contributed by atoms with Crippen LogP contribution in [-0.4, -0.2) is 28.5 Å². The van der Waals surface area contributed by atoms with Gasteiger partial charge in [0.2, 0.25) is 0 Å². The molecule has 0 aliphatic heterocycles. The first-order valence-corrected chi connectivity index (χ1v) is 6.14. The Morgan fingerprint density at radius 3 is 2.89 bits per heavy atom. The summed E-state index contributed by atoms with van der Waals surface area (Å²) in [6.07, 6.45) is 6.15. The van der Waals surface area contributed by atoms with Gasteiger partial charge in [-0.15, -0.1) is 0 Å². The predicted molar refractivity (Wildman–Crippen MR) is 70.6 cm³/mol. The van der Waals surface area contributed by atoms with Crippen LogP contribution < -0.4 is 5.32 Å². The molecule has 0 unspecified atom stereocenters. The highest BCUT2D eigenvalue weighted by Crippen LogP contribution is 2.44. The van der Waals surface area contributed by atoms with Crippen molar-refractivity contribution in [2.45, 2.75) is 19.8 Å². The molecule has 0 atom stereocenters. The molecule has 1 aromatic heterocycles. The van der Waals surface area contributed by atoms with Crippen molar-refractivity contribution in [2.75, 3.05) is 6.54 Å². The number of hydrogen-bond donors (Lipinski definition) is 2. The van der Waals surface area contributed by atoms with Crippen LogP contribution in [0.15, 0.2) is 24.4 Å². The van der Waals surface area contributed by atoms with E-state index in [0.717, 1.165) is 18.9 Å². The van der Waals surface area contributed by atoms with Gasteiger partial charge in [-0.3, -0.25) is 9.78 Å². The van der Waals surface area contributed by atoms with Gasteiger partial charge in [0, 0.05) is 24.4 Å². The average molecular weight is 260 g/mol. The Labute approximate surface area is 111 Å². The van der Waals surface area contributed by atoms with E-state index in [1.807, 2.05) is 0 Å². The van der Waals surface area contributed by atoms with Gasteiger partial charge in [0.1, 0.15) is 5.69 Å². The first-order valence-electron chi connectivity index (χ1n) is 6.14. The molecule has 1 aliphatic carbocycles. The van der Waals surface area contributed by atoms with Crippen LogP contribution in [0, 0.1) is 5.41 Å². The Kier molecular flexibility index (Phi) is 3.64. The molecule has 1 aromatic rings. The third kappa shape index (κ3) is 3.64. The van der Waals surface area contributed by atoms with Gasteiger partial charge in [-0.25, -0.2) is 4.79 Å². The molecule has 0 spiro atoms. The van der Waals surface area contributed by atoms with E-state index in [-0.39, 0.29) is 17.0 Å². The average Bonchev–Trinajstić information content (AvgIpc) is 3.12. The Morgan fingerprint density at radius 2 is 2.26 bits per heavy atom. The third-order valence-electron chi connectivity index (χ3n) is 3.24. The molecule has 5 heteroatoms. The topological polar surface area (TPSA) is 79.3 Å². The van der Waals surface area contributed by atoms with Gasteiger partial charge in [-0.1, -0.05) is 13.0 Å². The number of hydrogen-bond acceptors (Lipinski definition) is 3. The summed E-state index contributed by atoms with van der Waals surface area (Å²) in [5.74, 6) is -1.32. The molecule has 1 amide bonds. The highest BCUT2D eigenvalue weighted by molar-refractivity contribution is 5.97. The minimum absolute atomic E-state index is 0.224. The second-order valence-corrected chi connectivity index (χ2v) is 5.11. The molecule has 2 rings (SSSR count). The van der Waals surface area contributed by atoms with Gasteiger partial charge in [-0.05, 0) is 30.4 Å². The normalized spacial score (nSPS) is 16.3. The van der Waals surface area contributed by atoms with E-state index >= 15 is 0 Å². The highest BCUT2D eigenvalue weighted by atomic mass is 16.4. The van der Waals surface area contributed by atoms with Gasteiger partial charge >= 0.3 is 5.97 Å². The standard InChI is InChI=1S/C14H16N2O3/c1-14(6-7-14)9-16-13(19)12-10(3-2-8-15-12)4-5-11(17)18/h2-5,8H,6-7,9H2,1H3,(H,16,19)(H,17,18)/b5-4+. The number of carbonyl (C=O) groups excluding carboxylic acids is 1. The minimum atomic E-state index is -1.05. The van der Waals surface area contributed by atoms with Crippen molar-refractivity contribution in [1.29, 1.82) is 0 Å². The van der Waals surface area contributed by atoms with Gasteiger partial charge in [0.05, 0.1) is 0 Å². The minimum Gasteiger partial charge on any atom is -0.478 e. The molecule has 0 radical (unpaired) electrons. The summed E-state index contributed by atoms with van der Waals surface area (Å²) in [5, 5.41) is 11.5. The second kappa shape index (κ2) is 5.22. The molecule has 1 saturated carbocycles. The van der Waals surface area contributed by atoms with Crippen molar-refractivity contribution in [2.24, 2.45) is 5.41 Å². The number of carboxylic acids is 1. The molecule has 100 valence electrons. The maximum Gasteiger partial charge on any atom is 0.328 e. The highest BCUT2D eigenvalue weighted by Gasteiger charge is 2.37. The molecule has 2 N–H and O–H groups in total. The van der Waals surface area contributed by atoms with Gasteiger partial charge in [-0.2, -0.15) is 0 Å². The fourth-order valence-electron chi connectivity index (χ4n) is 1.67. The summed E-state index contributed by atoms with van der Waals surface area (Å²) in [7, 11) is 0. The number of pyridine rings is 1. The van der Waals surface area contributed by atoms with Crippen LogP contribution in [0.3, 0.4) is 0 Å². The zero-order valence-electron chi connectivity index (χ0n) is 10.7. The maximum absolute atomic E-state index is 12.0. The molecule has 1 heterocycles. The fourth-order valence-corrected chi connectivity index (χ4v) is 1.67. The van der Waals surface area contributed by atoms with Crippen LogP contribution in [-0.2, 0) is 4.79 Å². The number of nitrogens with one attached hydrogen (secondary N) is 1. The Hall–Kier alpha value is -2.17. The van der Waals surface area contributed by atoms with E-state index < -0.39 is 5.97 Å². The summed E-state index contributed by atoms with van der Waals surface area (Å²) in [6, 6.07) is 3.33. The first kappa shape index (κ1) is 13.3. The number of aliphatic carboxylic acids is 1. The van der Waals surface area contributed by atoms with Crippen LogP contribution in [0.25, 0.3) is 6.08 Å². The molecule has 0 aromatic carbocycles. The SMILES string of the molecule is CC1(CNC(=O)c2ncccc2/C=C/C(=O)O)CC1. The van der Waals surface area contributed by atoms with Crippen LogP contribution in [0.2, 0.25) is 0 Å². The third-order valence-corrected chi connectivity index (χ3v) is 3.24. The zero-order valence-corrected chi connectivity index (χ0v) is 10.7. The quantitative estimate of drug-likeness (QED) is 0.790. The largest absolute Gasteiger partial charge is 0.478 e. The summed E-state index contributed by atoms with van der Waals surface area (Å²) < 4.78 is 0. The Morgan fingerprint density at radius 1 is 1.53 bits per heavy atom. The lowest BCUT2D eigenvalue weighted by atomic mass is 10.1. The molecule has 1 aliphatic rings. The number of nitrogens with zero attached hydrogens (tertiary/aromatic N) is 1. The monoisotopic (exact) mass is 260 g/mol. The second-order valence-electron chi connectivity index (χ2n) is 5.11. The van der Waals surface area contributed by atoms with Crippen molar-refractivity contribution < 1.29 is 14.7 Å². The van der Waals surface area contributed by atoms with E-state index in [2.05, 4.69) is 17.2 Å². The van der Waals surface area contributed by atoms with Crippen LogP contribution >= 0.6 is 0 Å². The molecule has 0 saturated heterocycles. The summed E-state index contributed by atoms with van der Waals surface area (Å²) in [4.78, 5) is 26.6. The lowest BCUT2D eigenvalue weighted by molar-refractivity contribution is -0.131. The lowest BCUT2D eigenvalue weighted by Gasteiger charge is -2.10. The Bertz CT molecular complexity index is 533. The predicted octanol–water partition coefficient (Wildman–Crippen LogP) is 1.71. The van der Waals surface area contributed by atoms with E-state index in [9.17, 15) is 9.59 Å². The Balaban J connectivity index is 2.09. The number of rotatable bonds is 5. The smallest absolute Gasteiger partial charge is 0.328 e. The van der Waals surface area contributed by atoms with E-state index in [4.69, 9.17) is 5.11 Å². The molecule has 5 nitrogen and oxygen atoms in total. The van der Waals surface area contributed by atoms with Crippen molar-refractivity contribution in [3.63, 3.8) is 0 Å². The first-order chi connectivity index (χ1) is 9.00. The van der Waals surface area contributed by atoms with Crippen molar-refractivity contribution in [3.8, 4) is 0 Å². The number of carboxylic acid groups (broad SMARTS) is 1. The lowest BCUT2D eigenvalue weighted by Crippen LogP contribution is -2.30. The molecule has 0 bridgehead atoms. The molecule has 1 fully saturated rings. The number of carbonyl (C=O) groups is 2. The van der Waals surface area contributed by atoms with Gasteiger partial charge in [0.15, 0.2) is 0 Å². The van der Waals surface area contributed by atoms with E-state index in [1.165, 1.54) is 12.3 Å². The zero-order chi connectivity index (χ0) is 13.9. The van der Waals surface area contributed by atoms with Crippen LogP contribution in [0.1, 0.15) is 35.8 Å². The number of amides is 1. The summed E-state index contributed by atoms with van der Waals surface area (Å²) in [5.41, 5.74) is 0.981. The number of aromatic nitrogens is 1. The van der Waals surface area contributed by atoms with E-state index in [1.54, 1.807) is 12.1 Å². The van der Waals surface area contributed by atoms with E-state index in [0.29, 0.717) is 12.1 Å². The van der Waals surface area contributed by atoms with Gasteiger partial charge < -0.3 is 10.4 Å². The summed E-state index contributed by atoms with van der Waals surface area (Å²) in [6.45, 7) is 2.75. The maximum atomic E-state index is 12.0. The fraction of sp³-hybridized carbons (Fsp3) is 0.357. The van der Waals surface area contributed by atoms with Crippen LogP contribution in [0.5, 0.6) is 0 Å². The summed E-state index contributed by atoms with van der Waals surface area (Å²) >= 11 is 0. The molecular formula is C14H16N2O3. The molecular weight excluding hydrogens is 244 g/mol. The van der Waals surface area contributed by atoms with Crippen molar-refractivity contribution in [1.82, 2.24) is 10.3 Å². The van der Waals surface area contributed by atoms with Crippen LogP contribution in [0.4, 0.5) is 0 Å². The molecule has 19 heavy (non-hydrogen) atoms. The van der Waals surface area contributed by atoms with Crippen molar-refractivity contribution in [3.05, 3.63) is 35.7 Å². The van der Waals surface area contributed by atoms with Gasteiger partial charge in [0.25, 0.3) is 5.91 Å². The van der Waals surface area contributed by atoms with Crippen molar-refractivity contribution >= 4 is 18.0 Å².